The van der Waals surface area contributed by atoms with Crippen LogP contribution >= 0.6 is 0 Å². The fourth-order valence-electron chi connectivity index (χ4n) is 2.40. The highest BCUT2D eigenvalue weighted by molar-refractivity contribution is 6.66. The second kappa shape index (κ2) is 8.14. The Balaban J connectivity index is 2.36. The Morgan fingerprint density at radius 3 is 2.76 bits per heavy atom. The summed E-state index contributed by atoms with van der Waals surface area (Å²) in [5.41, 5.74) is 8.90. The van der Waals surface area contributed by atoms with Crippen LogP contribution in [0.2, 0.25) is 0 Å². The van der Waals surface area contributed by atoms with Gasteiger partial charge in [0.05, 0.1) is 18.9 Å². The van der Waals surface area contributed by atoms with Crippen LogP contribution < -0.4 is 4.90 Å². The Bertz CT molecular complexity index is 767. The SMILES string of the molecule is C=CCCOC1C(=O)N(C(=O)C(=[N+]=[N-])C(=O)OCC)c2ccccc21. The summed E-state index contributed by atoms with van der Waals surface area (Å²) in [4.78, 5) is 40.5. The minimum Gasteiger partial charge on any atom is -0.457 e. The Morgan fingerprint density at radius 1 is 1.40 bits per heavy atom. The summed E-state index contributed by atoms with van der Waals surface area (Å²) in [5, 5.41) is 0. The maximum Gasteiger partial charge on any atom is 0.463 e. The number of ether oxygens (including phenoxy) is 2. The van der Waals surface area contributed by atoms with Gasteiger partial charge in [-0.05, 0) is 19.4 Å². The van der Waals surface area contributed by atoms with E-state index < -0.39 is 29.6 Å². The van der Waals surface area contributed by atoms with Gasteiger partial charge in [-0.25, -0.2) is 9.69 Å². The van der Waals surface area contributed by atoms with E-state index in [1.807, 2.05) is 0 Å². The van der Waals surface area contributed by atoms with Gasteiger partial charge in [0.1, 0.15) is 0 Å². The van der Waals surface area contributed by atoms with Gasteiger partial charge in [0.15, 0.2) is 6.10 Å². The van der Waals surface area contributed by atoms with Crippen molar-refractivity contribution in [2.24, 2.45) is 0 Å². The average molecular weight is 343 g/mol. The first-order valence-electron chi connectivity index (χ1n) is 7.65. The van der Waals surface area contributed by atoms with Crippen molar-refractivity contribution in [1.82, 2.24) is 0 Å². The third-order valence-corrected chi connectivity index (χ3v) is 3.49. The zero-order chi connectivity index (χ0) is 18.4. The van der Waals surface area contributed by atoms with E-state index in [2.05, 4.69) is 16.1 Å². The molecule has 0 spiro atoms. The Morgan fingerprint density at radius 2 is 2.12 bits per heavy atom. The zero-order valence-electron chi connectivity index (χ0n) is 13.7. The number of carbonyl (C=O) groups is 3. The van der Waals surface area contributed by atoms with Crippen molar-refractivity contribution in [2.45, 2.75) is 19.4 Å². The van der Waals surface area contributed by atoms with Crippen molar-refractivity contribution >= 4 is 29.2 Å². The highest BCUT2D eigenvalue weighted by Gasteiger charge is 2.47. The number of anilines is 1. The molecule has 0 saturated carbocycles. The summed E-state index contributed by atoms with van der Waals surface area (Å²) in [7, 11) is 0. The first kappa shape index (κ1) is 18.3. The van der Waals surface area contributed by atoms with Crippen molar-refractivity contribution in [2.75, 3.05) is 18.1 Å². The molecule has 2 rings (SSSR count). The molecule has 8 heteroatoms. The molecule has 1 unspecified atom stereocenters. The number of esters is 1. The van der Waals surface area contributed by atoms with Crippen molar-refractivity contribution < 1.29 is 28.6 Å². The van der Waals surface area contributed by atoms with Gasteiger partial charge >= 0.3 is 17.6 Å². The van der Waals surface area contributed by atoms with Gasteiger partial charge in [0, 0.05) is 5.56 Å². The van der Waals surface area contributed by atoms with Gasteiger partial charge in [-0.15, -0.1) is 6.58 Å². The zero-order valence-corrected chi connectivity index (χ0v) is 13.7. The molecule has 0 aromatic heterocycles. The minimum absolute atomic E-state index is 0.0110. The molecule has 8 nitrogen and oxygen atoms in total. The predicted octanol–water partition coefficient (Wildman–Crippen LogP) is 1.43. The van der Waals surface area contributed by atoms with Crippen LogP contribution in [0.5, 0.6) is 0 Å². The quantitative estimate of drug-likeness (QED) is 0.141. The van der Waals surface area contributed by atoms with E-state index in [-0.39, 0.29) is 18.9 Å². The molecule has 0 aliphatic carbocycles. The van der Waals surface area contributed by atoms with E-state index in [9.17, 15) is 14.4 Å². The van der Waals surface area contributed by atoms with E-state index in [1.54, 1.807) is 30.3 Å². The maximum absolute atomic E-state index is 12.7. The molecule has 130 valence electrons. The number of para-hydroxylation sites is 1. The normalized spacial score (nSPS) is 15.3. The minimum atomic E-state index is -1.11. The molecular formula is C17H17N3O5. The van der Waals surface area contributed by atoms with E-state index in [0.29, 0.717) is 12.0 Å². The van der Waals surface area contributed by atoms with Gasteiger partial charge in [-0.3, -0.25) is 9.59 Å². The molecule has 1 aromatic carbocycles. The molecule has 0 bridgehead atoms. The van der Waals surface area contributed by atoms with Crippen LogP contribution in [0.1, 0.15) is 25.0 Å². The van der Waals surface area contributed by atoms with E-state index >= 15 is 0 Å². The predicted molar refractivity (Wildman–Crippen MR) is 87.7 cm³/mol. The number of benzene rings is 1. The lowest BCUT2D eigenvalue weighted by Crippen LogP contribution is -2.44. The fourth-order valence-corrected chi connectivity index (χ4v) is 2.40. The standard InChI is InChI=1S/C17H17N3O5/c1-3-5-10-25-14-11-8-6-7-9-12(11)20(16(14)22)15(21)13(19-18)17(23)24-4-2/h3,6-9,14H,1,4-5,10H2,2H3. The summed E-state index contributed by atoms with van der Waals surface area (Å²) >= 11 is 0. The molecule has 1 aliphatic rings. The molecule has 2 amide bonds. The van der Waals surface area contributed by atoms with Crippen LogP contribution in [0.25, 0.3) is 5.53 Å². The van der Waals surface area contributed by atoms with Gasteiger partial charge in [-0.2, -0.15) is 4.79 Å². The molecule has 0 radical (unpaired) electrons. The average Bonchev–Trinajstić information content (AvgIpc) is 2.88. The lowest BCUT2D eigenvalue weighted by Gasteiger charge is -2.13. The second-order valence-corrected chi connectivity index (χ2v) is 5.03. The van der Waals surface area contributed by atoms with Crippen LogP contribution in [0.4, 0.5) is 5.69 Å². The summed E-state index contributed by atoms with van der Waals surface area (Å²) in [5.74, 6) is -2.86. The number of amides is 2. The maximum atomic E-state index is 12.7. The largest absolute Gasteiger partial charge is 0.463 e. The molecule has 1 atom stereocenters. The van der Waals surface area contributed by atoms with Crippen LogP contribution in [0.3, 0.4) is 0 Å². The third kappa shape index (κ3) is 3.55. The fraction of sp³-hybridized carbons (Fsp3) is 0.294. The number of hydrogen-bond acceptors (Lipinski definition) is 5. The number of carbonyl (C=O) groups excluding carboxylic acids is 3. The molecule has 0 saturated heterocycles. The molecule has 1 heterocycles. The van der Waals surface area contributed by atoms with Crippen LogP contribution in [0, 0.1) is 0 Å². The smallest absolute Gasteiger partial charge is 0.457 e. The molecule has 1 aromatic rings. The first-order valence-corrected chi connectivity index (χ1v) is 7.65. The third-order valence-electron chi connectivity index (χ3n) is 3.49. The van der Waals surface area contributed by atoms with Crippen molar-refractivity contribution in [3.8, 4) is 0 Å². The molecule has 1 aliphatic heterocycles. The monoisotopic (exact) mass is 343 g/mol. The number of rotatable bonds is 7. The highest BCUT2D eigenvalue weighted by atomic mass is 16.5. The molecular weight excluding hydrogens is 326 g/mol. The summed E-state index contributed by atoms with van der Waals surface area (Å²) in [6.07, 6.45) is 1.19. The topological polar surface area (TPSA) is 109 Å². The number of hydrogen-bond donors (Lipinski definition) is 0. The van der Waals surface area contributed by atoms with Crippen LogP contribution in [-0.2, 0) is 23.9 Å². The van der Waals surface area contributed by atoms with Crippen LogP contribution in [-0.4, -0.2) is 41.5 Å². The lowest BCUT2D eigenvalue weighted by atomic mass is 10.1. The number of nitrogens with zero attached hydrogens (tertiary/aromatic N) is 3. The first-order chi connectivity index (χ1) is 12.1. The van der Waals surface area contributed by atoms with Crippen molar-refractivity contribution in [3.63, 3.8) is 0 Å². The number of imide groups is 1. The van der Waals surface area contributed by atoms with E-state index in [4.69, 9.17) is 10.3 Å². The Labute approximate surface area is 144 Å². The summed E-state index contributed by atoms with van der Waals surface area (Å²) < 4.78 is 10.2. The molecule has 0 fully saturated rings. The van der Waals surface area contributed by atoms with Crippen molar-refractivity contribution in [3.05, 3.63) is 48.0 Å². The lowest BCUT2D eigenvalue weighted by molar-refractivity contribution is -0.142. The highest BCUT2D eigenvalue weighted by Crippen LogP contribution is 2.38. The van der Waals surface area contributed by atoms with Gasteiger partial charge in [0.2, 0.25) is 0 Å². The number of fused-ring (bicyclic) bond motifs is 1. The second-order valence-electron chi connectivity index (χ2n) is 5.03. The van der Waals surface area contributed by atoms with E-state index in [1.165, 1.54) is 6.92 Å². The van der Waals surface area contributed by atoms with Crippen molar-refractivity contribution in [1.29, 1.82) is 0 Å². The summed E-state index contributed by atoms with van der Waals surface area (Å²) in [6.45, 7) is 5.35. The molecule has 0 N–H and O–H groups in total. The van der Waals surface area contributed by atoms with Crippen LogP contribution in [0.15, 0.2) is 36.9 Å². The van der Waals surface area contributed by atoms with Gasteiger partial charge in [0.25, 0.3) is 5.91 Å². The van der Waals surface area contributed by atoms with Gasteiger partial charge in [-0.1, -0.05) is 24.3 Å². The molecule has 25 heavy (non-hydrogen) atoms. The van der Waals surface area contributed by atoms with E-state index in [0.717, 1.165) is 4.90 Å². The Hall–Kier alpha value is -3.09. The Kier molecular flexibility index (Phi) is 5.94. The van der Waals surface area contributed by atoms with Gasteiger partial charge < -0.3 is 15.0 Å². The summed E-state index contributed by atoms with van der Waals surface area (Å²) in [6, 6.07) is 6.54.